The molecule has 0 saturated carbocycles. The molecule has 1 aromatic heterocycles. The maximum atomic E-state index is 11.4. The molecule has 2 rings (SSSR count). The zero-order valence-corrected chi connectivity index (χ0v) is 17.5. The van der Waals surface area contributed by atoms with Crippen molar-refractivity contribution in [2.24, 2.45) is 0 Å². The van der Waals surface area contributed by atoms with Gasteiger partial charge < -0.3 is 9.30 Å². The van der Waals surface area contributed by atoms with Crippen molar-refractivity contribution in [1.82, 2.24) is 9.55 Å². The molecule has 0 radical (unpaired) electrons. The number of hydrogen-bond donors (Lipinski definition) is 0. The van der Waals surface area contributed by atoms with Crippen molar-refractivity contribution in [2.75, 3.05) is 6.61 Å². The number of aromatic nitrogens is 2. The Kier molecular flexibility index (Phi) is 8.63. The van der Waals surface area contributed by atoms with Gasteiger partial charge in [-0.1, -0.05) is 55.5 Å². The summed E-state index contributed by atoms with van der Waals surface area (Å²) < 4.78 is 6.93. The van der Waals surface area contributed by atoms with Gasteiger partial charge in [-0.3, -0.25) is 9.68 Å². The number of imidazole rings is 1. The summed E-state index contributed by atoms with van der Waals surface area (Å²) in [5.74, 6) is -2.41. The van der Waals surface area contributed by atoms with Gasteiger partial charge in [-0.15, -0.1) is 20.2 Å². The SMILES string of the molecule is CCCCCCOC(O[N+](=O)[O-])(c1ccc(Cl)cc1Cl)C(O[N+](=O)[O-])n1ccnc1. The minimum Gasteiger partial charge on any atom is -0.343 e. The molecule has 2 aromatic rings. The Bertz CT molecular complexity index is 853. The molecule has 1 aromatic carbocycles. The summed E-state index contributed by atoms with van der Waals surface area (Å²) in [5.41, 5.74) is -0.0682. The van der Waals surface area contributed by atoms with E-state index >= 15 is 0 Å². The smallest absolute Gasteiger partial charge is 0.297 e. The van der Waals surface area contributed by atoms with E-state index in [-0.39, 0.29) is 22.2 Å². The molecule has 0 aliphatic carbocycles. The molecule has 0 amide bonds. The van der Waals surface area contributed by atoms with E-state index in [1.54, 1.807) is 0 Å². The number of unbranched alkanes of at least 4 members (excludes halogenated alkanes) is 3. The van der Waals surface area contributed by atoms with Crippen LogP contribution >= 0.6 is 23.2 Å². The van der Waals surface area contributed by atoms with E-state index < -0.39 is 22.2 Å². The van der Waals surface area contributed by atoms with E-state index in [4.69, 9.17) is 37.6 Å². The lowest BCUT2D eigenvalue weighted by Gasteiger charge is -2.37. The summed E-state index contributed by atoms with van der Waals surface area (Å²) in [5, 5.41) is 20.6. The van der Waals surface area contributed by atoms with Gasteiger partial charge in [0.2, 0.25) is 6.23 Å². The Labute approximate surface area is 181 Å². The van der Waals surface area contributed by atoms with Crippen LogP contribution in [0.25, 0.3) is 0 Å². The first-order valence-corrected chi connectivity index (χ1v) is 9.77. The topological polar surface area (TPSA) is 132 Å². The first-order valence-electron chi connectivity index (χ1n) is 9.01. The normalized spacial score (nSPS) is 14.0. The first kappa shape index (κ1) is 23.6. The second-order valence-electron chi connectivity index (χ2n) is 6.21. The summed E-state index contributed by atoms with van der Waals surface area (Å²) in [6, 6.07) is 4.04. The molecule has 2 unspecified atom stereocenters. The van der Waals surface area contributed by atoms with Crippen LogP contribution in [0.2, 0.25) is 10.0 Å². The van der Waals surface area contributed by atoms with Gasteiger partial charge in [-0.05, 0) is 18.6 Å². The van der Waals surface area contributed by atoms with Crippen molar-refractivity contribution >= 4 is 23.2 Å². The molecule has 0 spiro atoms. The Hall–Kier alpha value is -2.63. The number of rotatable bonds is 13. The molecule has 0 aliphatic heterocycles. The van der Waals surface area contributed by atoms with Crippen molar-refractivity contribution < 1.29 is 24.6 Å². The molecule has 11 nitrogen and oxygen atoms in total. The first-order chi connectivity index (χ1) is 14.3. The molecule has 0 N–H and O–H groups in total. The second-order valence-corrected chi connectivity index (χ2v) is 7.05. The highest BCUT2D eigenvalue weighted by Gasteiger charge is 2.51. The van der Waals surface area contributed by atoms with Crippen molar-refractivity contribution in [3.05, 3.63) is 72.8 Å². The standard InChI is InChI=1S/C17H20Cl2N4O7/c1-2-3-4-5-10-28-17(30-23(26)27,14-7-6-13(18)11-15(14)19)16(29-22(24)25)21-9-8-20-12-21/h6-9,11-12,16H,2-5,10H2,1H3. The van der Waals surface area contributed by atoms with Crippen LogP contribution < -0.4 is 0 Å². The second kappa shape index (κ2) is 11.0. The van der Waals surface area contributed by atoms with Crippen molar-refractivity contribution in [3.8, 4) is 0 Å². The molecule has 2 atom stereocenters. The monoisotopic (exact) mass is 462 g/mol. The van der Waals surface area contributed by atoms with Gasteiger partial charge in [-0.2, -0.15) is 0 Å². The van der Waals surface area contributed by atoms with Gasteiger partial charge in [0.25, 0.3) is 16.0 Å². The van der Waals surface area contributed by atoms with Gasteiger partial charge in [0.05, 0.1) is 18.0 Å². The van der Waals surface area contributed by atoms with E-state index in [0.717, 1.165) is 23.8 Å². The van der Waals surface area contributed by atoms with Gasteiger partial charge in [0, 0.05) is 23.0 Å². The zero-order valence-electron chi connectivity index (χ0n) is 16.0. The lowest BCUT2D eigenvalue weighted by molar-refractivity contribution is -0.835. The van der Waals surface area contributed by atoms with Crippen LogP contribution in [0, 0.1) is 20.2 Å². The van der Waals surface area contributed by atoms with Crippen molar-refractivity contribution in [3.63, 3.8) is 0 Å². The highest BCUT2D eigenvalue weighted by atomic mass is 35.5. The average Bonchev–Trinajstić information content (AvgIpc) is 3.19. The molecule has 1 heterocycles. The summed E-state index contributed by atoms with van der Waals surface area (Å²) in [4.78, 5) is 36.2. The van der Waals surface area contributed by atoms with Crippen LogP contribution in [0.5, 0.6) is 0 Å². The van der Waals surface area contributed by atoms with Crippen LogP contribution in [-0.2, 0) is 20.2 Å². The van der Waals surface area contributed by atoms with Gasteiger partial charge in [-0.25, -0.2) is 4.98 Å². The molecule has 30 heavy (non-hydrogen) atoms. The van der Waals surface area contributed by atoms with E-state index in [9.17, 15) is 20.2 Å². The van der Waals surface area contributed by atoms with E-state index in [1.807, 2.05) is 6.92 Å². The van der Waals surface area contributed by atoms with Crippen LogP contribution in [0.4, 0.5) is 0 Å². The Balaban J connectivity index is 2.60. The van der Waals surface area contributed by atoms with Crippen molar-refractivity contribution in [2.45, 2.75) is 44.6 Å². The van der Waals surface area contributed by atoms with Crippen LogP contribution in [0.15, 0.2) is 36.9 Å². The minimum atomic E-state index is -2.41. The fraction of sp³-hybridized carbons (Fsp3) is 0.471. The van der Waals surface area contributed by atoms with Crippen LogP contribution in [-0.4, -0.2) is 26.3 Å². The average molecular weight is 463 g/mol. The Morgan fingerprint density at radius 1 is 1.20 bits per heavy atom. The quantitative estimate of drug-likeness (QED) is 0.183. The van der Waals surface area contributed by atoms with Gasteiger partial charge in [0.15, 0.2) is 0 Å². The fourth-order valence-corrected chi connectivity index (χ4v) is 3.39. The summed E-state index contributed by atoms with van der Waals surface area (Å²) in [6.07, 6.45) is 5.23. The maximum absolute atomic E-state index is 11.4. The zero-order chi connectivity index (χ0) is 22.1. The minimum absolute atomic E-state index is 0.0148. The van der Waals surface area contributed by atoms with Gasteiger partial charge >= 0.3 is 0 Å². The number of halogens is 2. The van der Waals surface area contributed by atoms with E-state index in [0.29, 0.717) is 6.42 Å². The highest BCUT2D eigenvalue weighted by Crippen LogP contribution is 2.43. The fourth-order valence-electron chi connectivity index (χ4n) is 2.85. The maximum Gasteiger partial charge on any atom is 0.297 e. The summed E-state index contributed by atoms with van der Waals surface area (Å²) in [7, 11) is 0. The Morgan fingerprint density at radius 3 is 2.53 bits per heavy atom. The number of nitrogens with zero attached hydrogens (tertiary/aromatic N) is 4. The molecule has 164 valence electrons. The Morgan fingerprint density at radius 2 is 1.97 bits per heavy atom. The summed E-state index contributed by atoms with van der Waals surface area (Å²) >= 11 is 12.2. The largest absolute Gasteiger partial charge is 0.343 e. The van der Waals surface area contributed by atoms with Gasteiger partial charge in [0.1, 0.15) is 0 Å². The lowest BCUT2D eigenvalue weighted by atomic mass is 10.0. The molecule has 0 bridgehead atoms. The molecule has 13 heteroatoms. The number of hydrogen-bond acceptors (Lipinski definition) is 8. The van der Waals surface area contributed by atoms with Crippen molar-refractivity contribution in [1.29, 1.82) is 0 Å². The lowest BCUT2D eigenvalue weighted by Crippen LogP contribution is -2.46. The predicted molar refractivity (Wildman–Crippen MR) is 106 cm³/mol. The summed E-state index contributed by atoms with van der Waals surface area (Å²) in [6.45, 7) is 2.01. The number of benzene rings is 1. The third kappa shape index (κ3) is 5.94. The molecule has 0 aliphatic rings. The third-order valence-electron chi connectivity index (χ3n) is 4.14. The molecule has 0 saturated heterocycles. The highest BCUT2D eigenvalue weighted by molar-refractivity contribution is 6.35. The number of ether oxygens (including phenoxy) is 1. The molecular weight excluding hydrogens is 443 g/mol. The predicted octanol–water partition coefficient (Wildman–Crippen LogP) is 4.56. The van der Waals surface area contributed by atoms with E-state index in [2.05, 4.69) is 4.98 Å². The third-order valence-corrected chi connectivity index (χ3v) is 4.69. The van der Waals surface area contributed by atoms with Crippen LogP contribution in [0.1, 0.15) is 44.4 Å². The molecule has 0 fully saturated rings. The van der Waals surface area contributed by atoms with E-state index in [1.165, 1.54) is 36.9 Å². The van der Waals surface area contributed by atoms with Crippen LogP contribution in [0.3, 0.4) is 0 Å². The molecular formula is C17H20Cl2N4O7.